The zero-order valence-electron chi connectivity index (χ0n) is 18.4. The molecule has 31 heavy (non-hydrogen) atoms. The van der Waals surface area contributed by atoms with E-state index in [-0.39, 0.29) is 11.3 Å². The predicted octanol–water partition coefficient (Wildman–Crippen LogP) is 3.10. The van der Waals surface area contributed by atoms with Crippen molar-refractivity contribution in [2.24, 2.45) is 5.92 Å². The number of likely N-dealkylation sites (N-methyl/N-ethyl adjacent to an activating group) is 1. The highest BCUT2D eigenvalue weighted by Crippen LogP contribution is 2.39. The van der Waals surface area contributed by atoms with E-state index in [4.69, 9.17) is 4.74 Å². The molecule has 0 unspecified atom stereocenters. The lowest BCUT2D eigenvalue weighted by atomic mass is 9.96. The Labute approximate surface area is 183 Å². The Balaban J connectivity index is 2.00. The number of pyridine rings is 1. The SMILES string of the molecule is CC(C)COc1ccc(C(O)=C2C(=O)C(=O)N(CCN(C)C)[C@H]2c2cccnc2)cc1. The van der Waals surface area contributed by atoms with Crippen molar-refractivity contribution in [3.05, 3.63) is 65.5 Å². The van der Waals surface area contributed by atoms with Crippen LogP contribution in [-0.4, -0.2) is 65.4 Å². The molecule has 7 nitrogen and oxygen atoms in total. The largest absolute Gasteiger partial charge is 0.507 e. The number of aliphatic hydroxyl groups excluding tert-OH is 1. The van der Waals surface area contributed by atoms with Crippen LogP contribution in [0, 0.1) is 5.92 Å². The molecule has 1 fully saturated rings. The minimum Gasteiger partial charge on any atom is -0.507 e. The number of benzene rings is 1. The molecule has 0 bridgehead atoms. The van der Waals surface area contributed by atoms with Crippen LogP contribution in [0.4, 0.5) is 0 Å². The van der Waals surface area contributed by atoms with Crippen molar-refractivity contribution < 1.29 is 19.4 Å². The van der Waals surface area contributed by atoms with Crippen molar-refractivity contribution in [2.75, 3.05) is 33.8 Å². The summed E-state index contributed by atoms with van der Waals surface area (Å²) in [6.45, 7) is 5.66. The number of ether oxygens (including phenoxy) is 1. The minimum atomic E-state index is -0.690. The summed E-state index contributed by atoms with van der Waals surface area (Å²) in [6.07, 6.45) is 3.25. The number of likely N-dealkylation sites (tertiary alicyclic amines) is 1. The number of carbonyl (C=O) groups is 2. The lowest BCUT2D eigenvalue weighted by molar-refractivity contribution is -0.140. The summed E-state index contributed by atoms with van der Waals surface area (Å²) in [5.41, 5.74) is 1.21. The first-order valence-corrected chi connectivity index (χ1v) is 10.4. The maximum absolute atomic E-state index is 12.9. The van der Waals surface area contributed by atoms with E-state index >= 15 is 0 Å². The summed E-state index contributed by atoms with van der Waals surface area (Å²) in [6, 6.07) is 9.75. The summed E-state index contributed by atoms with van der Waals surface area (Å²) < 4.78 is 5.69. The molecule has 1 aromatic carbocycles. The zero-order valence-corrected chi connectivity index (χ0v) is 18.4. The van der Waals surface area contributed by atoms with Crippen LogP contribution in [-0.2, 0) is 9.59 Å². The van der Waals surface area contributed by atoms with Gasteiger partial charge in [-0.1, -0.05) is 19.9 Å². The molecule has 2 aromatic rings. The molecule has 1 atom stereocenters. The van der Waals surface area contributed by atoms with Gasteiger partial charge >= 0.3 is 0 Å². The summed E-state index contributed by atoms with van der Waals surface area (Å²) in [5, 5.41) is 11.1. The molecule has 1 saturated heterocycles. The molecule has 7 heteroatoms. The van der Waals surface area contributed by atoms with Crippen LogP contribution in [0.15, 0.2) is 54.4 Å². The van der Waals surface area contributed by atoms with Crippen molar-refractivity contribution >= 4 is 17.4 Å². The van der Waals surface area contributed by atoms with Crippen LogP contribution in [0.5, 0.6) is 5.75 Å². The molecule has 1 N–H and O–H groups in total. The fraction of sp³-hybridized carbons (Fsp3) is 0.375. The van der Waals surface area contributed by atoms with Gasteiger partial charge in [-0.15, -0.1) is 0 Å². The summed E-state index contributed by atoms with van der Waals surface area (Å²) >= 11 is 0. The minimum absolute atomic E-state index is 0.0765. The normalized spacial score (nSPS) is 18.3. The number of hydrogen-bond acceptors (Lipinski definition) is 6. The Hall–Kier alpha value is -3.19. The molecule has 0 spiro atoms. The van der Waals surface area contributed by atoms with Crippen LogP contribution in [0.3, 0.4) is 0 Å². The number of Topliss-reactive ketones (excluding diaryl/α,β-unsaturated/α-hetero) is 1. The van der Waals surface area contributed by atoms with Gasteiger partial charge in [0, 0.05) is 31.0 Å². The van der Waals surface area contributed by atoms with Gasteiger partial charge in [0.25, 0.3) is 11.7 Å². The Kier molecular flexibility index (Phi) is 7.07. The first-order chi connectivity index (χ1) is 14.8. The second-order valence-corrected chi connectivity index (χ2v) is 8.31. The Morgan fingerprint density at radius 3 is 2.48 bits per heavy atom. The van der Waals surface area contributed by atoms with Gasteiger partial charge in [0.1, 0.15) is 11.5 Å². The maximum Gasteiger partial charge on any atom is 0.295 e. The van der Waals surface area contributed by atoms with Gasteiger partial charge in [0.15, 0.2) is 0 Å². The smallest absolute Gasteiger partial charge is 0.295 e. The van der Waals surface area contributed by atoms with Gasteiger partial charge in [0.05, 0.1) is 18.2 Å². The van der Waals surface area contributed by atoms with Gasteiger partial charge in [-0.25, -0.2) is 0 Å². The lowest BCUT2D eigenvalue weighted by Gasteiger charge is -2.26. The van der Waals surface area contributed by atoms with Gasteiger partial charge in [-0.3, -0.25) is 14.6 Å². The van der Waals surface area contributed by atoms with E-state index in [1.807, 2.05) is 25.1 Å². The number of hydrogen-bond donors (Lipinski definition) is 1. The second kappa shape index (κ2) is 9.75. The van der Waals surface area contributed by atoms with E-state index < -0.39 is 17.7 Å². The molecule has 164 valence electrons. The third-order valence-corrected chi connectivity index (χ3v) is 5.04. The second-order valence-electron chi connectivity index (χ2n) is 8.31. The van der Waals surface area contributed by atoms with Gasteiger partial charge in [-0.2, -0.15) is 0 Å². The molecule has 1 aliphatic rings. The average molecular weight is 424 g/mol. The Morgan fingerprint density at radius 1 is 1.19 bits per heavy atom. The number of carbonyl (C=O) groups excluding carboxylic acids is 2. The summed E-state index contributed by atoms with van der Waals surface area (Å²) in [4.78, 5) is 33.3. The molecule has 0 saturated carbocycles. The monoisotopic (exact) mass is 423 g/mol. The Bertz CT molecular complexity index is 953. The van der Waals surface area contributed by atoms with Crippen LogP contribution >= 0.6 is 0 Å². The van der Waals surface area contributed by atoms with Gasteiger partial charge < -0.3 is 19.6 Å². The topological polar surface area (TPSA) is 83.0 Å². The van der Waals surface area contributed by atoms with E-state index in [1.165, 1.54) is 4.90 Å². The molecular weight excluding hydrogens is 394 g/mol. The number of nitrogens with zero attached hydrogens (tertiary/aromatic N) is 3. The van der Waals surface area contributed by atoms with E-state index in [1.54, 1.807) is 42.7 Å². The van der Waals surface area contributed by atoms with Crippen molar-refractivity contribution in [1.82, 2.24) is 14.8 Å². The molecule has 0 radical (unpaired) electrons. The molecule has 1 aliphatic heterocycles. The van der Waals surface area contributed by atoms with E-state index in [0.29, 0.717) is 42.5 Å². The Morgan fingerprint density at radius 2 is 1.90 bits per heavy atom. The molecule has 0 aliphatic carbocycles. The predicted molar refractivity (Wildman–Crippen MR) is 119 cm³/mol. The lowest BCUT2D eigenvalue weighted by Crippen LogP contribution is -2.35. The van der Waals surface area contributed by atoms with Crippen LogP contribution in [0.1, 0.15) is 31.0 Å². The first-order valence-electron chi connectivity index (χ1n) is 10.4. The number of aliphatic hydroxyl groups is 1. The molecule has 2 heterocycles. The number of ketones is 1. The molecule has 1 aromatic heterocycles. The van der Waals surface area contributed by atoms with Gasteiger partial charge in [0.2, 0.25) is 0 Å². The van der Waals surface area contributed by atoms with E-state index in [2.05, 4.69) is 18.8 Å². The van der Waals surface area contributed by atoms with Crippen molar-refractivity contribution in [3.8, 4) is 5.75 Å². The molecular formula is C24H29N3O4. The highest BCUT2D eigenvalue weighted by Gasteiger charge is 2.45. The fourth-order valence-corrected chi connectivity index (χ4v) is 3.43. The van der Waals surface area contributed by atoms with Crippen molar-refractivity contribution in [1.29, 1.82) is 0 Å². The fourth-order valence-electron chi connectivity index (χ4n) is 3.43. The summed E-state index contributed by atoms with van der Waals surface area (Å²) in [5.74, 6) is -0.430. The number of amides is 1. The third kappa shape index (κ3) is 5.11. The maximum atomic E-state index is 12.9. The van der Waals surface area contributed by atoms with E-state index in [9.17, 15) is 14.7 Å². The first kappa shape index (κ1) is 22.5. The summed E-state index contributed by atoms with van der Waals surface area (Å²) in [7, 11) is 3.80. The standard InChI is InChI=1S/C24H29N3O4/c1-16(2)15-31-19-9-7-17(8-10-19)22(28)20-21(18-6-5-11-25-14-18)27(13-12-26(3)4)24(30)23(20)29/h5-11,14,16,21,28H,12-13,15H2,1-4H3/t21-/m0/s1. The van der Waals surface area contributed by atoms with Crippen molar-refractivity contribution in [2.45, 2.75) is 19.9 Å². The zero-order chi connectivity index (χ0) is 22.5. The molecule has 1 amide bonds. The highest BCUT2D eigenvalue weighted by molar-refractivity contribution is 6.46. The van der Waals surface area contributed by atoms with Crippen molar-refractivity contribution in [3.63, 3.8) is 0 Å². The van der Waals surface area contributed by atoms with Gasteiger partial charge in [-0.05, 0) is 55.9 Å². The van der Waals surface area contributed by atoms with Crippen LogP contribution in [0.25, 0.3) is 5.76 Å². The quantitative estimate of drug-likeness (QED) is 0.399. The van der Waals surface area contributed by atoms with Crippen LogP contribution < -0.4 is 4.74 Å². The third-order valence-electron chi connectivity index (χ3n) is 5.04. The highest BCUT2D eigenvalue weighted by atomic mass is 16.5. The number of rotatable bonds is 8. The average Bonchev–Trinajstić information content (AvgIpc) is 3.01. The van der Waals surface area contributed by atoms with E-state index in [0.717, 1.165) is 0 Å². The number of aromatic nitrogens is 1. The van der Waals surface area contributed by atoms with Crippen LogP contribution in [0.2, 0.25) is 0 Å². The molecule has 3 rings (SSSR count).